The standard InChI is InChI=1S/C37H29Cl2N3O4S/c1-4-46-36(44)32-21(2)40-37-42(34(32)33-27-11-6-5-9-22(27)14-16-30(33)45-3)35(43)31(47-37)17-24-20-41(29-12-8-7-10-26(24)29)19-23-13-15-25(38)18-28(23)39/h5-18,20,34H,4,19H2,1-3H3/b31-17+. The second kappa shape index (κ2) is 12.5. The number of nitrogens with zero attached hydrogens (tertiary/aromatic N) is 3. The fourth-order valence-electron chi connectivity index (χ4n) is 6.30. The number of rotatable bonds is 7. The molecule has 7 nitrogen and oxygen atoms in total. The molecular formula is C37H29Cl2N3O4S. The second-order valence-corrected chi connectivity index (χ2v) is 13.0. The van der Waals surface area contributed by atoms with Gasteiger partial charge in [0.25, 0.3) is 5.56 Å². The minimum Gasteiger partial charge on any atom is -0.496 e. The molecule has 0 spiro atoms. The number of carbonyl (C=O) groups is 1. The molecule has 4 aromatic carbocycles. The monoisotopic (exact) mass is 681 g/mol. The first kappa shape index (κ1) is 31.0. The smallest absolute Gasteiger partial charge is 0.338 e. The molecule has 1 atom stereocenters. The summed E-state index contributed by atoms with van der Waals surface area (Å²) in [5.41, 5.74) is 4.03. The van der Waals surface area contributed by atoms with E-state index < -0.39 is 12.0 Å². The number of thiazole rings is 1. The summed E-state index contributed by atoms with van der Waals surface area (Å²) in [6.07, 6.45) is 3.92. The van der Waals surface area contributed by atoms with Crippen molar-refractivity contribution >= 4 is 68.3 Å². The second-order valence-electron chi connectivity index (χ2n) is 11.2. The molecule has 0 radical (unpaired) electrons. The molecule has 7 rings (SSSR count). The summed E-state index contributed by atoms with van der Waals surface area (Å²) in [5.74, 6) is 0.0376. The van der Waals surface area contributed by atoms with Crippen LogP contribution in [0.5, 0.6) is 5.75 Å². The molecule has 0 aliphatic carbocycles. The molecule has 10 heteroatoms. The molecule has 2 aromatic heterocycles. The maximum atomic E-state index is 14.5. The van der Waals surface area contributed by atoms with Gasteiger partial charge in [0, 0.05) is 44.8 Å². The Bertz CT molecular complexity index is 2440. The van der Waals surface area contributed by atoms with Gasteiger partial charge in [-0.1, -0.05) is 89.1 Å². The van der Waals surface area contributed by atoms with E-state index in [0.29, 0.717) is 48.5 Å². The van der Waals surface area contributed by atoms with E-state index in [1.165, 1.54) is 11.3 Å². The zero-order chi connectivity index (χ0) is 32.8. The topological polar surface area (TPSA) is 74.8 Å². The average Bonchev–Trinajstić information content (AvgIpc) is 3.57. The average molecular weight is 683 g/mol. The minimum absolute atomic E-state index is 0.185. The van der Waals surface area contributed by atoms with Crippen LogP contribution >= 0.6 is 34.5 Å². The number of carbonyl (C=O) groups excluding carboxylic acids is 1. The summed E-state index contributed by atoms with van der Waals surface area (Å²) < 4.78 is 15.6. The van der Waals surface area contributed by atoms with E-state index in [4.69, 9.17) is 37.7 Å². The van der Waals surface area contributed by atoms with Crippen molar-refractivity contribution in [2.45, 2.75) is 26.4 Å². The van der Waals surface area contributed by atoms with Crippen molar-refractivity contribution in [1.29, 1.82) is 0 Å². The van der Waals surface area contributed by atoms with Gasteiger partial charge in [-0.2, -0.15) is 0 Å². The number of para-hydroxylation sites is 1. The van der Waals surface area contributed by atoms with Gasteiger partial charge in [0.1, 0.15) is 11.8 Å². The number of ether oxygens (including phenoxy) is 2. The van der Waals surface area contributed by atoms with Crippen LogP contribution in [0.25, 0.3) is 27.8 Å². The maximum Gasteiger partial charge on any atom is 0.338 e. The van der Waals surface area contributed by atoms with Crippen molar-refractivity contribution < 1.29 is 14.3 Å². The number of benzene rings is 4. The van der Waals surface area contributed by atoms with Crippen LogP contribution in [0.2, 0.25) is 10.0 Å². The van der Waals surface area contributed by atoms with Crippen LogP contribution in [-0.4, -0.2) is 28.8 Å². The summed E-state index contributed by atoms with van der Waals surface area (Å²) in [5, 5.41) is 3.97. The molecule has 1 aliphatic rings. The van der Waals surface area contributed by atoms with Crippen LogP contribution in [0.1, 0.15) is 36.6 Å². The van der Waals surface area contributed by atoms with E-state index in [-0.39, 0.29) is 12.2 Å². The maximum absolute atomic E-state index is 14.5. The molecule has 6 aromatic rings. The van der Waals surface area contributed by atoms with Gasteiger partial charge >= 0.3 is 5.97 Å². The highest BCUT2D eigenvalue weighted by molar-refractivity contribution is 7.07. The van der Waals surface area contributed by atoms with Gasteiger partial charge in [-0.05, 0) is 60.5 Å². The lowest BCUT2D eigenvalue weighted by molar-refractivity contribution is -0.139. The van der Waals surface area contributed by atoms with Crippen molar-refractivity contribution in [2.24, 2.45) is 4.99 Å². The first-order valence-corrected chi connectivity index (χ1v) is 16.6. The number of fused-ring (bicyclic) bond motifs is 3. The third kappa shape index (κ3) is 5.46. The lowest BCUT2D eigenvalue weighted by Gasteiger charge is -2.27. The lowest BCUT2D eigenvalue weighted by atomic mass is 9.90. The molecule has 0 fully saturated rings. The predicted molar refractivity (Wildman–Crippen MR) is 188 cm³/mol. The van der Waals surface area contributed by atoms with E-state index in [1.807, 2.05) is 85.1 Å². The number of esters is 1. The van der Waals surface area contributed by atoms with E-state index in [2.05, 4.69) is 4.57 Å². The van der Waals surface area contributed by atoms with Crippen LogP contribution in [0.4, 0.5) is 0 Å². The van der Waals surface area contributed by atoms with Crippen molar-refractivity contribution in [3.63, 3.8) is 0 Å². The zero-order valence-corrected chi connectivity index (χ0v) is 28.1. The number of methoxy groups -OCH3 is 1. The first-order valence-electron chi connectivity index (χ1n) is 15.1. The van der Waals surface area contributed by atoms with Gasteiger partial charge in [-0.15, -0.1) is 0 Å². The Morgan fingerprint density at radius 2 is 1.79 bits per heavy atom. The quantitative estimate of drug-likeness (QED) is 0.166. The van der Waals surface area contributed by atoms with Gasteiger partial charge in [0.15, 0.2) is 4.80 Å². The third-order valence-corrected chi connectivity index (χ3v) is 9.97. The van der Waals surface area contributed by atoms with Crippen molar-refractivity contribution in [2.75, 3.05) is 13.7 Å². The highest BCUT2D eigenvalue weighted by Crippen LogP contribution is 2.40. The lowest BCUT2D eigenvalue weighted by Crippen LogP contribution is -2.40. The van der Waals surface area contributed by atoms with Crippen LogP contribution in [0.15, 0.2) is 106 Å². The van der Waals surface area contributed by atoms with Gasteiger partial charge < -0.3 is 14.0 Å². The molecular weight excluding hydrogens is 653 g/mol. The van der Waals surface area contributed by atoms with Crippen LogP contribution < -0.4 is 19.6 Å². The molecule has 0 saturated carbocycles. The Balaban J connectivity index is 1.45. The van der Waals surface area contributed by atoms with Crippen LogP contribution in [-0.2, 0) is 16.1 Å². The van der Waals surface area contributed by atoms with Gasteiger partial charge in [-0.25, -0.2) is 9.79 Å². The summed E-state index contributed by atoms with van der Waals surface area (Å²) in [6, 6.07) is 24.4. The highest BCUT2D eigenvalue weighted by atomic mass is 35.5. The first-order chi connectivity index (χ1) is 22.8. The van der Waals surface area contributed by atoms with Crippen molar-refractivity contribution in [3.05, 3.63) is 143 Å². The predicted octanol–water partition coefficient (Wildman–Crippen LogP) is 7.27. The van der Waals surface area contributed by atoms with Crippen LogP contribution in [0, 0.1) is 0 Å². The molecule has 47 heavy (non-hydrogen) atoms. The third-order valence-electron chi connectivity index (χ3n) is 8.40. The molecule has 0 bridgehead atoms. The van der Waals surface area contributed by atoms with Crippen LogP contribution in [0.3, 0.4) is 0 Å². The Hall–Kier alpha value is -4.63. The van der Waals surface area contributed by atoms with Crippen molar-refractivity contribution in [1.82, 2.24) is 9.13 Å². The fraction of sp³-hybridized carbons (Fsp3) is 0.162. The Morgan fingerprint density at radius 3 is 2.55 bits per heavy atom. The molecule has 0 N–H and O–H groups in total. The van der Waals surface area contributed by atoms with Gasteiger partial charge in [-0.3, -0.25) is 9.36 Å². The normalized spacial score (nSPS) is 14.8. The molecule has 1 aliphatic heterocycles. The molecule has 1 unspecified atom stereocenters. The summed E-state index contributed by atoms with van der Waals surface area (Å²) >= 11 is 14.0. The summed E-state index contributed by atoms with van der Waals surface area (Å²) in [4.78, 5) is 33.3. The van der Waals surface area contributed by atoms with E-state index in [0.717, 1.165) is 32.8 Å². The minimum atomic E-state index is -0.818. The van der Waals surface area contributed by atoms with Crippen molar-refractivity contribution in [3.8, 4) is 5.75 Å². The molecule has 3 heterocycles. The summed E-state index contributed by atoms with van der Waals surface area (Å²) in [7, 11) is 1.59. The van der Waals surface area contributed by atoms with E-state index in [9.17, 15) is 9.59 Å². The number of hydrogen-bond donors (Lipinski definition) is 0. The zero-order valence-electron chi connectivity index (χ0n) is 25.8. The van der Waals surface area contributed by atoms with Gasteiger partial charge in [0.2, 0.25) is 0 Å². The van der Waals surface area contributed by atoms with E-state index >= 15 is 0 Å². The Kier molecular flexibility index (Phi) is 8.26. The summed E-state index contributed by atoms with van der Waals surface area (Å²) in [6.45, 7) is 4.25. The molecule has 0 amide bonds. The Morgan fingerprint density at radius 1 is 1.02 bits per heavy atom. The fourth-order valence-corrected chi connectivity index (χ4v) is 7.80. The molecule has 0 saturated heterocycles. The number of allylic oxidation sites excluding steroid dienone is 1. The van der Waals surface area contributed by atoms with Gasteiger partial charge in [0.05, 0.1) is 29.5 Å². The highest BCUT2D eigenvalue weighted by Gasteiger charge is 2.36. The SMILES string of the molecule is CCOC(=O)C1=C(C)N=c2s/c(=C/c3cn(Cc4ccc(Cl)cc4Cl)c4ccccc34)c(=O)n2C1c1c(OC)ccc2ccccc12. The molecule has 236 valence electrons. The largest absolute Gasteiger partial charge is 0.496 e. The Labute approximate surface area is 284 Å². The number of aromatic nitrogens is 2. The number of halogens is 2. The van der Waals surface area contributed by atoms with E-state index in [1.54, 1.807) is 31.6 Å². The number of hydrogen-bond acceptors (Lipinski definition) is 6.